The summed E-state index contributed by atoms with van der Waals surface area (Å²) in [5.74, 6) is 0.728. The quantitative estimate of drug-likeness (QED) is 0.761. The second-order valence-corrected chi connectivity index (χ2v) is 4.60. The van der Waals surface area contributed by atoms with Crippen LogP contribution in [0.25, 0.3) is 11.2 Å². The Morgan fingerprint density at radius 1 is 1.05 bits per heavy atom. The van der Waals surface area contributed by atoms with Gasteiger partial charge in [-0.2, -0.15) is 0 Å². The predicted molar refractivity (Wildman–Crippen MR) is 79.7 cm³/mol. The van der Waals surface area contributed by atoms with E-state index in [1.54, 1.807) is 12.4 Å². The summed E-state index contributed by atoms with van der Waals surface area (Å²) in [6.45, 7) is 1.96. The number of nitrogens with one attached hydrogen (secondary N) is 1. The molecule has 1 atom stereocenters. The van der Waals surface area contributed by atoms with Gasteiger partial charge in [-0.1, -0.05) is 18.2 Å². The summed E-state index contributed by atoms with van der Waals surface area (Å²) in [4.78, 5) is 12.9. The Hall–Kier alpha value is -2.53. The highest BCUT2D eigenvalue weighted by atomic mass is 15.0. The molecule has 20 heavy (non-hydrogen) atoms. The van der Waals surface area contributed by atoms with Gasteiger partial charge in [0.1, 0.15) is 11.3 Å². The number of nitrogens with zero attached hydrogens (tertiary/aromatic N) is 3. The summed E-state index contributed by atoms with van der Waals surface area (Å²) in [5.41, 5.74) is 9.38. The van der Waals surface area contributed by atoms with E-state index in [-0.39, 0.29) is 6.04 Å². The maximum atomic E-state index is 5.98. The number of para-hydroxylation sites is 1. The first-order chi connectivity index (χ1) is 9.74. The predicted octanol–water partition coefficient (Wildman–Crippen LogP) is 2.79. The van der Waals surface area contributed by atoms with E-state index in [0.717, 1.165) is 22.6 Å². The molecule has 0 saturated carbocycles. The van der Waals surface area contributed by atoms with Gasteiger partial charge >= 0.3 is 0 Å². The molecule has 1 aromatic carbocycles. The topological polar surface area (TPSA) is 76.7 Å². The van der Waals surface area contributed by atoms with Gasteiger partial charge in [0, 0.05) is 24.1 Å². The van der Waals surface area contributed by atoms with Crippen molar-refractivity contribution in [2.24, 2.45) is 5.73 Å². The van der Waals surface area contributed by atoms with E-state index in [4.69, 9.17) is 5.73 Å². The van der Waals surface area contributed by atoms with Crippen LogP contribution in [0.3, 0.4) is 0 Å². The first kappa shape index (κ1) is 12.5. The highest BCUT2D eigenvalue weighted by molar-refractivity contribution is 5.73. The number of hydrogen-bond acceptors (Lipinski definition) is 5. The van der Waals surface area contributed by atoms with Gasteiger partial charge in [0.25, 0.3) is 0 Å². The monoisotopic (exact) mass is 265 g/mol. The summed E-state index contributed by atoms with van der Waals surface area (Å²) in [6, 6.07) is 11.7. The molecular weight excluding hydrogens is 250 g/mol. The second-order valence-electron chi connectivity index (χ2n) is 4.60. The van der Waals surface area contributed by atoms with Gasteiger partial charge in [-0.15, -0.1) is 0 Å². The fourth-order valence-corrected chi connectivity index (χ4v) is 2.07. The molecule has 3 aromatic rings. The number of hydrogen-bond donors (Lipinski definition) is 2. The highest BCUT2D eigenvalue weighted by Crippen LogP contribution is 2.24. The van der Waals surface area contributed by atoms with Gasteiger partial charge in [-0.05, 0) is 30.7 Å². The number of fused-ring (bicyclic) bond motifs is 1. The maximum Gasteiger partial charge on any atom is 0.180 e. The summed E-state index contributed by atoms with van der Waals surface area (Å²) in [6.07, 6.45) is 3.29. The molecular formula is C15H15N5. The van der Waals surface area contributed by atoms with Crippen molar-refractivity contribution < 1.29 is 0 Å². The molecule has 0 fully saturated rings. The molecule has 0 radical (unpaired) electrons. The van der Waals surface area contributed by atoms with Gasteiger partial charge < -0.3 is 11.1 Å². The third kappa shape index (κ3) is 2.44. The zero-order valence-electron chi connectivity index (χ0n) is 11.1. The van der Waals surface area contributed by atoms with Gasteiger partial charge in [0.15, 0.2) is 5.65 Å². The van der Waals surface area contributed by atoms with Gasteiger partial charge in [0.2, 0.25) is 0 Å². The van der Waals surface area contributed by atoms with Crippen molar-refractivity contribution in [1.29, 1.82) is 0 Å². The van der Waals surface area contributed by atoms with Crippen molar-refractivity contribution in [1.82, 2.24) is 15.0 Å². The van der Waals surface area contributed by atoms with E-state index in [9.17, 15) is 0 Å². The molecule has 2 heterocycles. The van der Waals surface area contributed by atoms with Crippen LogP contribution in [0.5, 0.6) is 0 Å². The number of pyridine rings is 1. The fourth-order valence-electron chi connectivity index (χ4n) is 2.07. The number of aromatic nitrogens is 3. The normalized spacial score (nSPS) is 12.3. The van der Waals surface area contributed by atoms with E-state index < -0.39 is 0 Å². The fraction of sp³-hybridized carbons (Fsp3) is 0.133. The molecule has 0 aliphatic heterocycles. The molecule has 5 heteroatoms. The molecule has 5 nitrogen and oxygen atoms in total. The van der Waals surface area contributed by atoms with E-state index in [1.807, 2.05) is 43.3 Å². The Morgan fingerprint density at radius 3 is 2.70 bits per heavy atom. The molecule has 0 spiro atoms. The van der Waals surface area contributed by atoms with Crippen LogP contribution in [-0.4, -0.2) is 15.0 Å². The summed E-state index contributed by atoms with van der Waals surface area (Å²) < 4.78 is 0. The maximum absolute atomic E-state index is 5.98. The van der Waals surface area contributed by atoms with Gasteiger partial charge in [-0.25, -0.2) is 9.97 Å². The van der Waals surface area contributed by atoms with Crippen LogP contribution in [0.2, 0.25) is 0 Å². The molecule has 0 amide bonds. The zero-order chi connectivity index (χ0) is 13.9. The van der Waals surface area contributed by atoms with E-state index in [0.29, 0.717) is 5.65 Å². The summed E-state index contributed by atoms with van der Waals surface area (Å²) >= 11 is 0. The summed E-state index contributed by atoms with van der Waals surface area (Å²) in [7, 11) is 0. The van der Waals surface area contributed by atoms with E-state index in [2.05, 4.69) is 20.3 Å². The molecule has 0 bridgehead atoms. The molecule has 3 N–H and O–H groups in total. The molecule has 1 unspecified atom stereocenters. The van der Waals surface area contributed by atoms with Crippen LogP contribution < -0.4 is 11.1 Å². The first-order valence-electron chi connectivity index (χ1n) is 6.43. The molecule has 100 valence electrons. The van der Waals surface area contributed by atoms with E-state index in [1.165, 1.54) is 0 Å². The van der Waals surface area contributed by atoms with Crippen LogP contribution in [-0.2, 0) is 0 Å². The zero-order valence-corrected chi connectivity index (χ0v) is 11.1. The summed E-state index contributed by atoms with van der Waals surface area (Å²) in [5, 5.41) is 3.29. The Morgan fingerprint density at radius 2 is 1.85 bits per heavy atom. The van der Waals surface area contributed by atoms with Crippen molar-refractivity contribution in [2.75, 3.05) is 5.32 Å². The lowest BCUT2D eigenvalue weighted by atomic mass is 10.1. The number of nitrogens with two attached hydrogens (primary N) is 1. The molecule has 2 aromatic heterocycles. The van der Waals surface area contributed by atoms with Crippen molar-refractivity contribution in [3.8, 4) is 0 Å². The highest BCUT2D eigenvalue weighted by Gasteiger charge is 2.07. The second kappa shape index (κ2) is 5.22. The number of anilines is 2. The molecule has 0 aliphatic carbocycles. The van der Waals surface area contributed by atoms with Crippen LogP contribution in [0.4, 0.5) is 11.5 Å². The van der Waals surface area contributed by atoms with Crippen molar-refractivity contribution in [2.45, 2.75) is 13.0 Å². The third-order valence-electron chi connectivity index (χ3n) is 3.05. The van der Waals surface area contributed by atoms with Crippen molar-refractivity contribution >= 4 is 22.7 Å². The smallest absolute Gasteiger partial charge is 0.180 e. The Labute approximate surface area is 116 Å². The van der Waals surface area contributed by atoms with Gasteiger partial charge in [0.05, 0.1) is 0 Å². The minimum absolute atomic E-state index is 0.0426. The van der Waals surface area contributed by atoms with Crippen LogP contribution in [0.1, 0.15) is 18.5 Å². The largest absolute Gasteiger partial charge is 0.340 e. The Balaban J connectivity index is 1.97. The Bertz CT molecular complexity index is 739. The average Bonchev–Trinajstić information content (AvgIpc) is 2.47. The number of rotatable bonds is 3. The van der Waals surface area contributed by atoms with Crippen molar-refractivity contribution in [3.63, 3.8) is 0 Å². The minimum Gasteiger partial charge on any atom is -0.340 e. The van der Waals surface area contributed by atoms with E-state index >= 15 is 0 Å². The Kier molecular flexibility index (Phi) is 3.26. The average molecular weight is 265 g/mol. The number of benzene rings is 1. The van der Waals surface area contributed by atoms with Crippen LogP contribution in [0.15, 0.2) is 48.8 Å². The van der Waals surface area contributed by atoms with Crippen LogP contribution >= 0.6 is 0 Å². The lowest BCUT2D eigenvalue weighted by molar-refractivity contribution is 0.820. The first-order valence-corrected chi connectivity index (χ1v) is 6.43. The molecule has 0 saturated heterocycles. The lowest BCUT2D eigenvalue weighted by Gasteiger charge is -2.14. The molecule has 3 rings (SSSR count). The minimum atomic E-state index is -0.0426. The molecule has 0 aliphatic rings. The lowest BCUT2D eigenvalue weighted by Crippen LogP contribution is -2.08. The van der Waals surface area contributed by atoms with Crippen LogP contribution in [0, 0.1) is 0 Å². The van der Waals surface area contributed by atoms with Crippen molar-refractivity contribution in [3.05, 3.63) is 54.4 Å². The SMILES string of the molecule is CC(N)c1ccccc1Nc1ccc2nccnc2n1. The van der Waals surface area contributed by atoms with Gasteiger partial charge in [-0.3, -0.25) is 4.98 Å². The standard InChI is InChI=1S/C15H15N5/c1-10(16)11-4-2-3-5-12(11)19-14-7-6-13-15(20-14)18-9-8-17-13/h2-10H,16H2,1H3,(H,18,19,20). The third-order valence-corrected chi connectivity index (χ3v) is 3.05.